The monoisotopic (exact) mass is 606 g/mol. The highest BCUT2D eigenvalue weighted by Gasteiger charge is 2.33. The van der Waals surface area contributed by atoms with Crippen LogP contribution in [0.3, 0.4) is 0 Å². The molecular formula is C32H31ClF2N6O2. The van der Waals surface area contributed by atoms with Crippen molar-refractivity contribution in [1.29, 1.82) is 0 Å². The minimum atomic E-state index is -0.834. The highest BCUT2D eigenvalue weighted by Crippen LogP contribution is 2.37. The van der Waals surface area contributed by atoms with Gasteiger partial charge in [0, 0.05) is 31.4 Å². The average Bonchev–Trinajstić information content (AvgIpc) is 3.00. The third-order valence-corrected chi connectivity index (χ3v) is 7.87. The maximum absolute atomic E-state index is 15.5. The van der Waals surface area contributed by atoms with Crippen molar-refractivity contribution in [3.63, 3.8) is 0 Å². The molecule has 0 aliphatic carbocycles. The van der Waals surface area contributed by atoms with Gasteiger partial charge < -0.3 is 9.80 Å². The summed E-state index contributed by atoms with van der Waals surface area (Å²) in [6, 6.07) is 6.63. The molecule has 1 fully saturated rings. The Balaban J connectivity index is 1.87. The largest absolute Gasteiger partial charge is 0.355 e. The Labute approximate surface area is 255 Å². The number of rotatable bonds is 7. The zero-order valence-corrected chi connectivity index (χ0v) is 24.7. The highest BCUT2D eigenvalue weighted by atomic mass is 35.5. The van der Waals surface area contributed by atoms with E-state index < -0.39 is 30.8 Å². The van der Waals surface area contributed by atoms with Crippen LogP contribution in [0.5, 0.6) is 0 Å². The summed E-state index contributed by atoms with van der Waals surface area (Å²) in [5, 5.41) is 0.314. The quantitative estimate of drug-likeness (QED) is 0.244. The van der Waals surface area contributed by atoms with Gasteiger partial charge in [-0.2, -0.15) is 4.98 Å². The number of pyridine rings is 2. The molecule has 43 heavy (non-hydrogen) atoms. The summed E-state index contributed by atoms with van der Waals surface area (Å²) in [6.07, 6.45) is 3.99. The first-order valence-corrected chi connectivity index (χ1v) is 14.1. The van der Waals surface area contributed by atoms with Crippen molar-refractivity contribution in [3.8, 4) is 16.9 Å². The summed E-state index contributed by atoms with van der Waals surface area (Å²) >= 11 is 6.81. The van der Waals surface area contributed by atoms with Gasteiger partial charge in [-0.15, -0.1) is 0 Å². The molecule has 1 atom stereocenters. The van der Waals surface area contributed by atoms with Crippen LogP contribution in [0.2, 0.25) is 5.02 Å². The SMILES string of the molecule is [2H]C([2H])=Cc1cccc(F)c1-c1nc2c(cc1Cl)c(N1CCN(C(=O)C=C)C[C@@H]1CF)nc(=O)n2-c1c(C)ccnc1C(C)C. The van der Waals surface area contributed by atoms with Crippen molar-refractivity contribution >= 4 is 40.4 Å². The molecule has 0 unspecified atom stereocenters. The molecule has 3 aromatic heterocycles. The number of halogens is 3. The molecule has 1 aliphatic heterocycles. The van der Waals surface area contributed by atoms with Crippen LogP contribution in [-0.4, -0.2) is 62.7 Å². The number of benzene rings is 1. The van der Waals surface area contributed by atoms with Crippen molar-refractivity contribution < 1.29 is 16.3 Å². The third-order valence-electron chi connectivity index (χ3n) is 7.58. The zero-order valence-electron chi connectivity index (χ0n) is 25.9. The number of anilines is 1. The van der Waals surface area contributed by atoms with E-state index in [0.29, 0.717) is 22.3 Å². The molecule has 0 radical (unpaired) electrons. The van der Waals surface area contributed by atoms with Crippen LogP contribution in [0.1, 0.15) is 39.3 Å². The van der Waals surface area contributed by atoms with E-state index in [4.69, 9.17) is 19.3 Å². The molecule has 1 amide bonds. The molecule has 0 bridgehead atoms. The summed E-state index contributed by atoms with van der Waals surface area (Å²) in [4.78, 5) is 43.2. The lowest BCUT2D eigenvalue weighted by Crippen LogP contribution is -2.56. The Morgan fingerprint density at radius 3 is 2.77 bits per heavy atom. The van der Waals surface area contributed by atoms with Gasteiger partial charge in [-0.1, -0.05) is 56.8 Å². The Morgan fingerprint density at radius 2 is 2.07 bits per heavy atom. The van der Waals surface area contributed by atoms with Gasteiger partial charge in [-0.05, 0) is 48.2 Å². The van der Waals surface area contributed by atoms with E-state index in [2.05, 4.69) is 16.5 Å². The molecule has 5 rings (SSSR count). The lowest BCUT2D eigenvalue weighted by molar-refractivity contribution is -0.126. The maximum Gasteiger partial charge on any atom is 0.355 e. The number of carbonyl (C=O) groups is 1. The summed E-state index contributed by atoms with van der Waals surface area (Å²) in [7, 11) is 0. The van der Waals surface area contributed by atoms with Crippen LogP contribution in [0.15, 0.2) is 60.5 Å². The maximum atomic E-state index is 15.5. The van der Waals surface area contributed by atoms with Crippen LogP contribution >= 0.6 is 11.6 Å². The van der Waals surface area contributed by atoms with Crippen LogP contribution in [-0.2, 0) is 4.79 Å². The molecule has 0 N–H and O–H groups in total. The number of aryl methyl sites for hydroxylation is 1. The average molecular weight is 607 g/mol. The number of fused-ring (bicyclic) bond motifs is 1. The highest BCUT2D eigenvalue weighted by molar-refractivity contribution is 6.34. The lowest BCUT2D eigenvalue weighted by Gasteiger charge is -2.41. The third kappa shape index (κ3) is 5.31. The van der Waals surface area contributed by atoms with Crippen LogP contribution in [0.4, 0.5) is 14.6 Å². The molecule has 0 spiro atoms. The van der Waals surface area contributed by atoms with Gasteiger partial charge in [0.15, 0.2) is 5.65 Å². The van der Waals surface area contributed by atoms with Crippen LogP contribution in [0.25, 0.3) is 34.1 Å². The Kier molecular flexibility index (Phi) is 7.67. The smallest absolute Gasteiger partial charge is 0.347 e. The molecule has 11 heteroatoms. The number of alkyl halides is 1. The lowest BCUT2D eigenvalue weighted by atomic mass is 10.0. The van der Waals surface area contributed by atoms with Gasteiger partial charge in [0.1, 0.15) is 18.3 Å². The number of amides is 1. The van der Waals surface area contributed by atoms with E-state index in [-0.39, 0.29) is 64.8 Å². The predicted octanol–water partition coefficient (Wildman–Crippen LogP) is 5.88. The van der Waals surface area contributed by atoms with Gasteiger partial charge in [0.05, 0.1) is 36.3 Å². The van der Waals surface area contributed by atoms with Crippen molar-refractivity contribution in [1.82, 2.24) is 24.4 Å². The Morgan fingerprint density at radius 1 is 1.28 bits per heavy atom. The number of nitrogens with zero attached hydrogens (tertiary/aromatic N) is 6. The van der Waals surface area contributed by atoms with E-state index in [1.807, 2.05) is 20.8 Å². The van der Waals surface area contributed by atoms with E-state index in [1.54, 1.807) is 17.2 Å². The molecule has 4 heterocycles. The standard InChI is InChI=1S/C32H31ClF2N6O2/c1-6-20-9-8-10-24(35)26(20)28-23(33)15-22-30(40-14-13-39(25(42)7-2)17-21(40)16-34)38-32(43)41(31(22)37-28)29-19(5)11-12-36-27(29)18(3)4/h6-12,15,18,21H,1-2,13-14,16-17H2,3-5H3/t21-/m0/s1/i1D2. The topological polar surface area (TPSA) is 84.2 Å². The molecule has 8 nitrogen and oxygen atoms in total. The molecule has 0 saturated carbocycles. The van der Waals surface area contributed by atoms with Gasteiger partial charge >= 0.3 is 5.69 Å². The molecule has 4 aromatic rings. The van der Waals surface area contributed by atoms with Crippen molar-refractivity contribution in [2.45, 2.75) is 32.7 Å². The van der Waals surface area contributed by atoms with E-state index in [1.165, 1.54) is 45.9 Å². The summed E-state index contributed by atoms with van der Waals surface area (Å²) in [6.45, 7) is 8.26. The molecule has 1 saturated heterocycles. The number of piperazine rings is 1. The molecule has 222 valence electrons. The molecule has 1 aliphatic rings. The first-order valence-electron chi connectivity index (χ1n) is 14.7. The molecular weight excluding hydrogens is 574 g/mol. The van der Waals surface area contributed by atoms with Gasteiger partial charge in [-0.3, -0.25) is 9.78 Å². The first kappa shape index (κ1) is 27.4. The number of hydrogen-bond acceptors (Lipinski definition) is 6. The van der Waals surface area contributed by atoms with Gasteiger partial charge in [-0.25, -0.2) is 23.1 Å². The Hall–Kier alpha value is -4.44. The molecule has 1 aromatic carbocycles. The van der Waals surface area contributed by atoms with E-state index in [9.17, 15) is 14.0 Å². The second-order valence-electron chi connectivity index (χ2n) is 10.6. The van der Waals surface area contributed by atoms with Crippen LogP contribution < -0.4 is 10.6 Å². The fraction of sp³-hybridized carbons (Fsp3) is 0.281. The number of hydrogen-bond donors (Lipinski definition) is 0. The second kappa shape index (κ2) is 12.0. The number of carbonyl (C=O) groups excluding carboxylic acids is 1. The summed E-state index contributed by atoms with van der Waals surface area (Å²) < 4.78 is 46.6. The second-order valence-corrected chi connectivity index (χ2v) is 11.0. The van der Waals surface area contributed by atoms with Gasteiger partial charge in [0.25, 0.3) is 0 Å². The first-order chi connectivity index (χ1) is 21.5. The minimum Gasteiger partial charge on any atom is -0.347 e. The number of aromatic nitrogens is 4. The van der Waals surface area contributed by atoms with E-state index >= 15 is 4.39 Å². The summed E-state index contributed by atoms with van der Waals surface area (Å²) in [5.74, 6) is -0.998. The fourth-order valence-corrected chi connectivity index (χ4v) is 5.74. The summed E-state index contributed by atoms with van der Waals surface area (Å²) in [5.41, 5.74) is 1.27. The van der Waals surface area contributed by atoms with Gasteiger partial charge in [0.2, 0.25) is 5.91 Å². The minimum absolute atomic E-state index is 0.0104. The van der Waals surface area contributed by atoms with Crippen molar-refractivity contribution in [2.24, 2.45) is 0 Å². The van der Waals surface area contributed by atoms with Crippen molar-refractivity contribution in [3.05, 3.63) is 93.9 Å². The Bertz CT molecular complexity index is 1910. The normalized spacial score (nSPS) is 15.8. The van der Waals surface area contributed by atoms with Crippen molar-refractivity contribution in [2.75, 3.05) is 31.2 Å². The van der Waals surface area contributed by atoms with E-state index in [0.717, 1.165) is 0 Å². The predicted molar refractivity (Wildman–Crippen MR) is 166 cm³/mol. The zero-order chi connectivity index (χ0) is 32.6. The fourth-order valence-electron chi connectivity index (χ4n) is 5.49. The van der Waals surface area contributed by atoms with Crippen LogP contribution in [0, 0.1) is 12.7 Å².